The van der Waals surface area contributed by atoms with E-state index in [-0.39, 0.29) is 18.1 Å². The summed E-state index contributed by atoms with van der Waals surface area (Å²) in [5.74, 6) is 1.36. The second-order valence-corrected chi connectivity index (χ2v) is 9.01. The summed E-state index contributed by atoms with van der Waals surface area (Å²) in [4.78, 5) is 22.9. The Kier molecular flexibility index (Phi) is 6.72. The normalized spacial score (nSPS) is 16.3. The van der Waals surface area contributed by atoms with Crippen LogP contribution in [-0.4, -0.2) is 40.6 Å². The number of carbonyl (C=O) groups excluding carboxylic acids is 1. The van der Waals surface area contributed by atoms with Gasteiger partial charge in [0, 0.05) is 12.7 Å². The summed E-state index contributed by atoms with van der Waals surface area (Å²) in [6.45, 7) is 6.50. The molecule has 1 unspecified atom stereocenters. The van der Waals surface area contributed by atoms with Crippen molar-refractivity contribution in [3.05, 3.63) is 58.7 Å². The lowest BCUT2D eigenvalue weighted by atomic mass is 10.00. The number of rotatable bonds is 6. The van der Waals surface area contributed by atoms with Crippen LogP contribution < -0.4 is 14.9 Å². The van der Waals surface area contributed by atoms with Crippen molar-refractivity contribution in [2.24, 2.45) is 0 Å². The van der Waals surface area contributed by atoms with Crippen molar-refractivity contribution < 1.29 is 14.3 Å². The topological polar surface area (TPSA) is 76.6 Å². The molecule has 4 rings (SSSR count). The van der Waals surface area contributed by atoms with Crippen LogP contribution in [0.1, 0.15) is 53.7 Å². The smallest absolute Gasteiger partial charge is 0.279 e. The van der Waals surface area contributed by atoms with Crippen molar-refractivity contribution in [3.63, 3.8) is 0 Å². The molecule has 0 radical (unpaired) electrons. The number of amides is 1. The Hall–Kier alpha value is -2.97. The van der Waals surface area contributed by atoms with Crippen LogP contribution in [0.2, 0.25) is 0 Å². The molecular weight excluding hydrogens is 424 g/mol. The second kappa shape index (κ2) is 9.67. The number of benzene rings is 1. The minimum Gasteiger partial charge on any atom is -0.493 e. The molecule has 1 aromatic carbocycles. The minimum absolute atomic E-state index is 0.0107. The Morgan fingerprint density at radius 2 is 2.09 bits per heavy atom. The quantitative estimate of drug-likeness (QED) is 0.579. The number of hydrogen-bond donors (Lipinski definition) is 1. The van der Waals surface area contributed by atoms with Crippen molar-refractivity contribution in [2.45, 2.75) is 45.8 Å². The van der Waals surface area contributed by atoms with Crippen LogP contribution in [0, 0.1) is 6.92 Å². The molecule has 0 saturated carbocycles. The minimum atomic E-state index is -0.0564. The van der Waals surface area contributed by atoms with Crippen LogP contribution in [0.25, 0.3) is 10.7 Å². The molecule has 2 aromatic heterocycles. The number of carbonyl (C=O) groups is 1. The number of methoxy groups -OCH3 is 1. The fourth-order valence-electron chi connectivity index (χ4n) is 3.74. The summed E-state index contributed by atoms with van der Waals surface area (Å²) >= 11 is 1.38. The number of nitrogens with zero attached hydrogens (tertiary/aromatic N) is 3. The zero-order valence-electron chi connectivity index (χ0n) is 18.8. The molecule has 168 valence electrons. The summed E-state index contributed by atoms with van der Waals surface area (Å²) in [7, 11) is 1.64. The van der Waals surface area contributed by atoms with E-state index >= 15 is 0 Å². The highest BCUT2D eigenvalue weighted by Crippen LogP contribution is 2.34. The highest BCUT2D eigenvalue weighted by atomic mass is 32.1. The van der Waals surface area contributed by atoms with Crippen molar-refractivity contribution in [1.29, 1.82) is 0 Å². The zero-order chi connectivity index (χ0) is 22.7. The van der Waals surface area contributed by atoms with Gasteiger partial charge in [0.25, 0.3) is 5.91 Å². The van der Waals surface area contributed by atoms with Crippen LogP contribution in [-0.2, 0) is 0 Å². The van der Waals surface area contributed by atoms with E-state index in [9.17, 15) is 4.79 Å². The van der Waals surface area contributed by atoms with E-state index in [1.54, 1.807) is 18.3 Å². The maximum Gasteiger partial charge on any atom is 0.279 e. The van der Waals surface area contributed by atoms with Crippen LogP contribution in [0.15, 0.2) is 42.6 Å². The average Bonchev–Trinajstić information content (AvgIpc) is 3.20. The SMILES string of the molecule is COc1ccc(C2CCCN(C(=O)c3sc(-c4ccccn4)nc3C)N2)cc1OC(C)C. The molecule has 1 fully saturated rings. The Bertz CT molecular complexity index is 1080. The third-order valence-electron chi connectivity index (χ3n) is 5.26. The van der Waals surface area contributed by atoms with Crippen LogP contribution in [0.5, 0.6) is 11.5 Å². The number of ether oxygens (including phenoxy) is 2. The van der Waals surface area contributed by atoms with Gasteiger partial charge in [0.05, 0.1) is 30.6 Å². The first-order valence-corrected chi connectivity index (χ1v) is 11.6. The fraction of sp³-hybridized carbons (Fsp3) is 0.375. The predicted molar refractivity (Wildman–Crippen MR) is 125 cm³/mol. The molecule has 0 aliphatic carbocycles. The van der Waals surface area contributed by atoms with Crippen LogP contribution in [0.3, 0.4) is 0 Å². The Morgan fingerprint density at radius 1 is 1.25 bits per heavy atom. The molecule has 3 heterocycles. The third-order valence-corrected chi connectivity index (χ3v) is 6.43. The van der Waals surface area contributed by atoms with Gasteiger partial charge >= 0.3 is 0 Å². The van der Waals surface area contributed by atoms with Crippen molar-refractivity contribution in [2.75, 3.05) is 13.7 Å². The summed E-state index contributed by atoms with van der Waals surface area (Å²) < 4.78 is 11.4. The van der Waals surface area contributed by atoms with E-state index in [4.69, 9.17) is 9.47 Å². The van der Waals surface area contributed by atoms with E-state index in [2.05, 4.69) is 15.4 Å². The highest BCUT2D eigenvalue weighted by Gasteiger charge is 2.28. The fourth-order valence-corrected chi connectivity index (χ4v) is 4.74. The van der Waals surface area contributed by atoms with Crippen molar-refractivity contribution in [1.82, 2.24) is 20.4 Å². The Labute approximate surface area is 192 Å². The lowest BCUT2D eigenvalue weighted by Crippen LogP contribution is -2.48. The van der Waals surface area contributed by atoms with Crippen molar-refractivity contribution >= 4 is 17.2 Å². The van der Waals surface area contributed by atoms with E-state index in [1.807, 2.05) is 57.2 Å². The summed E-state index contributed by atoms with van der Waals surface area (Å²) in [5, 5.41) is 2.47. The van der Waals surface area contributed by atoms with E-state index in [0.717, 1.165) is 34.8 Å². The number of hydrazine groups is 1. The van der Waals surface area contributed by atoms with Gasteiger partial charge < -0.3 is 9.47 Å². The highest BCUT2D eigenvalue weighted by molar-refractivity contribution is 7.17. The lowest BCUT2D eigenvalue weighted by molar-refractivity contribution is 0.0537. The molecule has 1 saturated heterocycles. The number of pyridine rings is 1. The maximum atomic E-state index is 13.3. The van der Waals surface area contributed by atoms with Gasteiger partial charge in [-0.3, -0.25) is 14.8 Å². The summed E-state index contributed by atoms with van der Waals surface area (Å²) in [6, 6.07) is 11.6. The van der Waals surface area contributed by atoms with Gasteiger partial charge in [-0.05, 0) is 63.4 Å². The third kappa shape index (κ3) is 4.76. The second-order valence-electron chi connectivity index (χ2n) is 8.01. The van der Waals surface area contributed by atoms with E-state index in [0.29, 0.717) is 22.9 Å². The molecule has 32 heavy (non-hydrogen) atoms. The monoisotopic (exact) mass is 452 g/mol. The molecule has 3 aromatic rings. The standard InChI is InChI=1S/C24H28N4O3S/c1-15(2)31-21-14-17(10-11-20(21)30-4)18-9-7-13-28(27-18)24(29)22-16(3)26-23(32-22)19-8-5-6-12-25-19/h5-6,8,10-12,14-15,18,27H,7,9,13H2,1-4H3. The largest absolute Gasteiger partial charge is 0.493 e. The first kappa shape index (κ1) is 22.2. The summed E-state index contributed by atoms with van der Waals surface area (Å²) in [6.07, 6.45) is 3.61. The van der Waals surface area contributed by atoms with E-state index in [1.165, 1.54) is 11.3 Å². The lowest BCUT2D eigenvalue weighted by Gasteiger charge is -2.34. The molecule has 8 heteroatoms. The van der Waals surface area contributed by atoms with Gasteiger partial charge in [0.1, 0.15) is 9.88 Å². The Morgan fingerprint density at radius 3 is 2.81 bits per heavy atom. The van der Waals surface area contributed by atoms with Crippen LogP contribution >= 0.6 is 11.3 Å². The van der Waals surface area contributed by atoms with Gasteiger partial charge in [-0.2, -0.15) is 0 Å². The zero-order valence-corrected chi connectivity index (χ0v) is 19.6. The number of aryl methyl sites for hydroxylation is 1. The number of aromatic nitrogens is 2. The molecule has 1 aliphatic heterocycles. The average molecular weight is 453 g/mol. The maximum absolute atomic E-state index is 13.3. The van der Waals surface area contributed by atoms with Gasteiger partial charge in [-0.25, -0.2) is 10.4 Å². The first-order chi connectivity index (χ1) is 15.5. The van der Waals surface area contributed by atoms with E-state index < -0.39 is 0 Å². The van der Waals surface area contributed by atoms with Gasteiger partial charge in [-0.15, -0.1) is 11.3 Å². The van der Waals surface area contributed by atoms with Gasteiger partial charge in [-0.1, -0.05) is 12.1 Å². The van der Waals surface area contributed by atoms with Gasteiger partial charge in [0.2, 0.25) is 0 Å². The number of thiazole rings is 1. The molecule has 1 N–H and O–H groups in total. The van der Waals surface area contributed by atoms with Crippen LogP contribution in [0.4, 0.5) is 0 Å². The number of nitrogens with one attached hydrogen (secondary N) is 1. The number of hydrogen-bond acceptors (Lipinski definition) is 7. The molecule has 0 spiro atoms. The predicted octanol–water partition coefficient (Wildman–Crippen LogP) is 4.79. The summed E-state index contributed by atoms with van der Waals surface area (Å²) in [5.41, 5.74) is 5.98. The molecule has 7 nitrogen and oxygen atoms in total. The molecule has 1 amide bonds. The molecule has 0 bridgehead atoms. The van der Waals surface area contributed by atoms with Gasteiger partial charge in [0.15, 0.2) is 11.5 Å². The molecular formula is C24H28N4O3S. The molecule has 1 atom stereocenters. The Balaban J connectivity index is 1.53. The molecule has 1 aliphatic rings. The van der Waals surface area contributed by atoms with Crippen molar-refractivity contribution in [3.8, 4) is 22.2 Å². The first-order valence-electron chi connectivity index (χ1n) is 10.8.